The second-order valence-corrected chi connectivity index (χ2v) is 8.01. The highest BCUT2D eigenvalue weighted by atomic mass is 15.3. The molecular weight excluding hydrogens is 256 g/mol. The molecule has 2 saturated carbocycles. The van der Waals surface area contributed by atoms with E-state index in [0.29, 0.717) is 5.54 Å². The highest BCUT2D eigenvalue weighted by Crippen LogP contribution is 2.36. The van der Waals surface area contributed by atoms with E-state index in [1.807, 2.05) is 0 Å². The van der Waals surface area contributed by atoms with Crippen molar-refractivity contribution in [3.05, 3.63) is 0 Å². The Labute approximate surface area is 132 Å². The molecule has 0 amide bonds. The minimum Gasteiger partial charge on any atom is -0.308 e. The van der Waals surface area contributed by atoms with Crippen molar-refractivity contribution in [1.82, 2.24) is 10.2 Å². The zero-order chi connectivity index (χ0) is 14.5. The number of hydrogen-bond acceptors (Lipinski definition) is 2. The van der Waals surface area contributed by atoms with Gasteiger partial charge in [-0.2, -0.15) is 0 Å². The molecule has 21 heavy (non-hydrogen) atoms. The van der Waals surface area contributed by atoms with E-state index in [1.165, 1.54) is 96.7 Å². The van der Waals surface area contributed by atoms with Gasteiger partial charge in [0.1, 0.15) is 0 Å². The van der Waals surface area contributed by atoms with Gasteiger partial charge in [-0.15, -0.1) is 0 Å². The van der Waals surface area contributed by atoms with E-state index in [0.717, 1.165) is 12.0 Å². The molecule has 0 aromatic carbocycles. The molecule has 2 aliphatic carbocycles. The largest absolute Gasteiger partial charge is 0.308 e. The van der Waals surface area contributed by atoms with Gasteiger partial charge in [-0.3, -0.25) is 4.90 Å². The highest BCUT2D eigenvalue weighted by Gasteiger charge is 2.41. The van der Waals surface area contributed by atoms with Crippen LogP contribution in [0.4, 0.5) is 0 Å². The summed E-state index contributed by atoms with van der Waals surface area (Å²) in [6.45, 7) is 6.30. The molecule has 0 radical (unpaired) electrons. The summed E-state index contributed by atoms with van der Waals surface area (Å²) in [5.41, 5.74) is 0.483. The summed E-state index contributed by atoms with van der Waals surface area (Å²) in [5, 5.41) is 4.05. The predicted octanol–water partition coefficient (Wildman–Crippen LogP) is 4.34. The zero-order valence-electron chi connectivity index (χ0n) is 14.2. The molecule has 0 aromatic heterocycles. The molecule has 1 saturated heterocycles. The van der Waals surface area contributed by atoms with Gasteiger partial charge in [0, 0.05) is 24.7 Å². The molecule has 0 bridgehead atoms. The third kappa shape index (κ3) is 3.82. The van der Waals surface area contributed by atoms with Crippen LogP contribution in [0.15, 0.2) is 0 Å². The number of nitrogens with one attached hydrogen (secondary N) is 1. The molecule has 1 atom stereocenters. The maximum atomic E-state index is 4.05. The average molecular weight is 293 g/mol. The lowest BCUT2D eigenvalue weighted by Crippen LogP contribution is -2.66. The van der Waals surface area contributed by atoms with Crippen molar-refractivity contribution < 1.29 is 0 Å². The van der Waals surface area contributed by atoms with Crippen molar-refractivity contribution in [2.45, 2.75) is 95.6 Å². The smallest absolute Gasteiger partial charge is 0.0309 e. The molecular formula is C19H36N2. The Hall–Kier alpha value is -0.0800. The molecule has 1 aliphatic heterocycles. The van der Waals surface area contributed by atoms with E-state index >= 15 is 0 Å². The molecule has 2 nitrogen and oxygen atoms in total. The summed E-state index contributed by atoms with van der Waals surface area (Å²) in [5.74, 6) is 0.976. The van der Waals surface area contributed by atoms with Gasteiger partial charge >= 0.3 is 0 Å². The predicted molar refractivity (Wildman–Crippen MR) is 90.7 cm³/mol. The van der Waals surface area contributed by atoms with Gasteiger partial charge in [0.2, 0.25) is 0 Å². The first-order chi connectivity index (χ1) is 10.3. The summed E-state index contributed by atoms with van der Waals surface area (Å²) in [6, 6.07) is 0.837. The Bertz CT molecular complexity index is 303. The summed E-state index contributed by atoms with van der Waals surface area (Å²) in [6.07, 6.45) is 17.4. The van der Waals surface area contributed by atoms with E-state index in [1.54, 1.807) is 0 Å². The van der Waals surface area contributed by atoms with Crippen LogP contribution in [0.5, 0.6) is 0 Å². The van der Waals surface area contributed by atoms with Crippen LogP contribution in [0.25, 0.3) is 0 Å². The Morgan fingerprint density at radius 2 is 1.71 bits per heavy atom. The number of piperazine rings is 1. The van der Waals surface area contributed by atoms with Crippen LogP contribution in [-0.2, 0) is 0 Å². The fourth-order valence-corrected chi connectivity index (χ4v) is 5.17. The molecule has 3 fully saturated rings. The number of hydrogen-bond donors (Lipinski definition) is 1. The molecule has 1 unspecified atom stereocenters. The second-order valence-electron chi connectivity index (χ2n) is 8.01. The molecule has 1 N–H and O–H groups in total. The molecule has 1 heterocycles. The number of unbranched alkanes of at least 4 members (excludes halogenated alkanes) is 1. The Kier molecular flexibility index (Phi) is 5.61. The first-order valence-corrected chi connectivity index (χ1v) is 9.82. The maximum Gasteiger partial charge on any atom is 0.0309 e. The second kappa shape index (κ2) is 7.46. The van der Waals surface area contributed by atoms with Crippen molar-refractivity contribution >= 4 is 0 Å². The lowest BCUT2D eigenvalue weighted by molar-refractivity contribution is 0.0202. The van der Waals surface area contributed by atoms with Crippen molar-refractivity contribution in [3.8, 4) is 0 Å². The minimum atomic E-state index is 0.483. The first kappa shape index (κ1) is 15.8. The van der Waals surface area contributed by atoms with Crippen LogP contribution in [0.1, 0.15) is 84.0 Å². The third-order valence-corrected chi connectivity index (χ3v) is 6.46. The quantitative estimate of drug-likeness (QED) is 0.829. The van der Waals surface area contributed by atoms with Crippen molar-refractivity contribution in [1.29, 1.82) is 0 Å². The van der Waals surface area contributed by atoms with E-state index in [4.69, 9.17) is 0 Å². The lowest BCUT2D eigenvalue weighted by atomic mass is 9.76. The number of rotatable bonds is 4. The van der Waals surface area contributed by atoms with Gasteiger partial charge in [-0.1, -0.05) is 51.9 Å². The summed E-state index contributed by atoms with van der Waals surface area (Å²) >= 11 is 0. The first-order valence-electron chi connectivity index (χ1n) is 9.82. The van der Waals surface area contributed by atoms with Gasteiger partial charge < -0.3 is 5.32 Å². The average Bonchev–Trinajstić information content (AvgIpc) is 2.55. The van der Waals surface area contributed by atoms with E-state index in [9.17, 15) is 0 Å². The summed E-state index contributed by atoms with van der Waals surface area (Å²) in [7, 11) is 0. The standard InChI is InChI=1S/C19H36N2/c1-2-3-14-21-16-19(12-8-5-9-13-19)20-15-18(21)17-10-6-4-7-11-17/h17-18,20H,2-16H2,1H3. The van der Waals surface area contributed by atoms with Gasteiger partial charge in [-0.25, -0.2) is 0 Å². The molecule has 3 aliphatic rings. The summed E-state index contributed by atoms with van der Waals surface area (Å²) in [4.78, 5) is 2.92. The maximum absolute atomic E-state index is 4.05. The topological polar surface area (TPSA) is 15.3 Å². The van der Waals surface area contributed by atoms with Crippen LogP contribution in [-0.4, -0.2) is 36.1 Å². The molecule has 2 heteroatoms. The van der Waals surface area contributed by atoms with Crippen LogP contribution >= 0.6 is 0 Å². The SMILES string of the molecule is CCCCN1CC2(CCCCC2)NCC1C1CCCCC1. The molecule has 1 spiro atoms. The fraction of sp³-hybridized carbons (Fsp3) is 1.00. The molecule has 122 valence electrons. The van der Waals surface area contributed by atoms with Crippen molar-refractivity contribution in [2.75, 3.05) is 19.6 Å². The Balaban J connectivity index is 1.65. The van der Waals surface area contributed by atoms with Crippen molar-refractivity contribution in [2.24, 2.45) is 5.92 Å². The van der Waals surface area contributed by atoms with Crippen LogP contribution in [0.3, 0.4) is 0 Å². The van der Waals surface area contributed by atoms with Crippen LogP contribution in [0, 0.1) is 5.92 Å². The van der Waals surface area contributed by atoms with E-state index in [2.05, 4.69) is 17.1 Å². The minimum absolute atomic E-state index is 0.483. The van der Waals surface area contributed by atoms with Gasteiger partial charge in [0.15, 0.2) is 0 Å². The normalized spacial score (nSPS) is 31.6. The zero-order valence-corrected chi connectivity index (χ0v) is 14.2. The van der Waals surface area contributed by atoms with Crippen LogP contribution in [0.2, 0.25) is 0 Å². The van der Waals surface area contributed by atoms with E-state index < -0.39 is 0 Å². The van der Waals surface area contributed by atoms with Crippen LogP contribution < -0.4 is 5.32 Å². The Morgan fingerprint density at radius 1 is 1.00 bits per heavy atom. The Morgan fingerprint density at radius 3 is 2.43 bits per heavy atom. The van der Waals surface area contributed by atoms with Gasteiger partial charge in [0.05, 0.1) is 0 Å². The van der Waals surface area contributed by atoms with Gasteiger partial charge in [0.25, 0.3) is 0 Å². The van der Waals surface area contributed by atoms with E-state index in [-0.39, 0.29) is 0 Å². The lowest BCUT2D eigenvalue weighted by Gasteiger charge is -2.52. The number of nitrogens with zero attached hydrogens (tertiary/aromatic N) is 1. The fourth-order valence-electron chi connectivity index (χ4n) is 5.17. The van der Waals surface area contributed by atoms with Gasteiger partial charge in [-0.05, 0) is 44.6 Å². The third-order valence-electron chi connectivity index (χ3n) is 6.46. The highest BCUT2D eigenvalue weighted by molar-refractivity contribution is 5.01. The molecule has 0 aromatic rings. The molecule has 3 rings (SSSR count). The monoisotopic (exact) mass is 292 g/mol. The summed E-state index contributed by atoms with van der Waals surface area (Å²) < 4.78 is 0. The van der Waals surface area contributed by atoms with Crippen molar-refractivity contribution in [3.63, 3.8) is 0 Å².